The van der Waals surface area contributed by atoms with Crippen LogP contribution in [0.25, 0.3) is 6.08 Å². The minimum atomic E-state index is -0.226. The monoisotopic (exact) mass is 346 g/mol. The first-order chi connectivity index (χ1) is 12.8. The molecule has 26 heavy (non-hydrogen) atoms. The lowest BCUT2D eigenvalue weighted by molar-refractivity contribution is -0.135. The number of carbonyl (C=O) groups excluding carboxylic acids is 1. The van der Waals surface area contributed by atoms with Gasteiger partial charge in [0.2, 0.25) is 5.91 Å². The summed E-state index contributed by atoms with van der Waals surface area (Å²) in [4.78, 5) is 17.6. The van der Waals surface area contributed by atoms with E-state index in [2.05, 4.69) is 58.4 Å². The van der Waals surface area contributed by atoms with Crippen LogP contribution in [0.3, 0.4) is 0 Å². The van der Waals surface area contributed by atoms with Gasteiger partial charge >= 0.3 is 0 Å². The molecule has 1 saturated heterocycles. The standard InChI is InChI=1S/C23H26N2O/c26-22(23(13-14-23)21-11-5-2-6-12-21)25-18-16-24(17-19-25)15-7-10-20-8-3-1-4-9-20/h1-12H,13-19H2/b10-7+. The van der Waals surface area contributed by atoms with Gasteiger partial charge in [-0.05, 0) is 24.0 Å². The van der Waals surface area contributed by atoms with Gasteiger partial charge in [-0.15, -0.1) is 0 Å². The van der Waals surface area contributed by atoms with Crippen molar-refractivity contribution in [2.24, 2.45) is 0 Å². The lowest BCUT2D eigenvalue weighted by Gasteiger charge is -2.36. The Morgan fingerprint density at radius 2 is 1.50 bits per heavy atom. The molecule has 4 rings (SSSR count). The quantitative estimate of drug-likeness (QED) is 0.826. The van der Waals surface area contributed by atoms with E-state index in [1.54, 1.807) is 0 Å². The van der Waals surface area contributed by atoms with E-state index < -0.39 is 0 Å². The Hall–Kier alpha value is -2.39. The van der Waals surface area contributed by atoms with E-state index in [1.165, 1.54) is 11.1 Å². The predicted molar refractivity (Wildman–Crippen MR) is 106 cm³/mol. The van der Waals surface area contributed by atoms with Crippen LogP contribution in [0.5, 0.6) is 0 Å². The SMILES string of the molecule is O=C(N1CCN(C/C=C/c2ccccc2)CC1)C1(c2ccccc2)CC1. The second-order valence-corrected chi connectivity index (χ2v) is 7.35. The number of amides is 1. The molecule has 3 nitrogen and oxygen atoms in total. The van der Waals surface area contributed by atoms with E-state index in [0.717, 1.165) is 45.6 Å². The molecule has 0 N–H and O–H groups in total. The van der Waals surface area contributed by atoms with Gasteiger partial charge < -0.3 is 4.90 Å². The van der Waals surface area contributed by atoms with Crippen LogP contribution in [-0.2, 0) is 10.2 Å². The first kappa shape index (κ1) is 17.0. The number of hydrogen-bond donors (Lipinski definition) is 0. The van der Waals surface area contributed by atoms with Crippen molar-refractivity contribution in [1.29, 1.82) is 0 Å². The normalized spacial score (nSPS) is 19.6. The van der Waals surface area contributed by atoms with Crippen LogP contribution in [0.1, 0.15) is 24.0 Å². The number of hydrogen-bond acceptors (Lipinski definition) is 2. The van der Waals surface area contributed by atoms with Crippen LogP contribution in [-0.4, -0.2) is 48.4 Å². The molecule has 0 radical (unpaired) electrons. The molecule has 1 saturated carbocycles. The van der Waals surface area contributed by atoms with Gasteiger partial charge in [0, 0.05) is 32.7 Å². The molecule has 3 heteroatoms. The van der Waals surface area contributed by atoms with Crippen LogP contribution in [0.4, 0.5) is 0 Å². The number of benzene rings is 2. The van der Waals surface area contributed by atoms with Crippen molar-refractivity contribution in [2.75, 3.05) is 32.7 Å². The fraction of sp³-hybridized carbons (Fsp3) is 0.348. The van der Waals surface area contributed by atoms with Gasteiger partial charge in [0.25, 0.3) is 0 Å². The Morgan fingerprint density at radius 3 is 2.12 bits per heavy atom. The number of piperazine rings is 1. The Kier molecular flexibility index (Phi) is 4.89. The molecule has 1 aliphatic heterocycles. The molecule has 0 unspecified atom stereocenters. The van der Waals surface area contributed by atoms with E-state index in [4.69, 9.17) is 0 Å². The topological polar surface area (TPSA) is 23.6 Å². The molecule has 0 aromatic heterocycles. The molecule has 2 fully saturated rings. The highest BCUT2D eigenvalue weighted by molar-refractivity contribution is 5.91. The third-order valence-electron chi connectivity index (χ3n) is 5.62. The highest BCUT2D eigenvalue weighted by Crippen LogP contribution is 2.49. The lowest BCUT2D eigenvalue weighted by Crippen LogP contribution is -2.51. The van der Waals surface area contributed by atoms with Crippen molar-refractivity contribution in [3.63, 3.8) is 0 Å². The second kappa shape index (κ2) is 7.46. The third kappa shape index (κ3) is 3.58. The van der Waals surface area contributed by atoms with Crippen molar-refractivity contribution in [2.45, 2.75) is 18.3 Å². The minimum absolute atomic E-state index is 0.226. The van der Waals surface area contributed by atoms with Crippen LogP contribution in [0, 0.1) is 0 Å². The summed E-state index contributed by atoms with van der Waals surface area (Å²) >= 11 is 0. The average Bonchev–Trinajstić information content (AvgIpc) is 3.52. The van der Waals surface area contributed by atoms with Crippen LogP contribution < -0.4 is 0 Å². The maximum absolute atomic E-state index is 13.1. The summed E-state index contributed by atoms with van der Waals surface area (Å²) < 4.78 is 0. The molecule has 1 amide bonds. The predicted octanol–water partition coefficient (Wildman–Crippen LogP) is 3.58. The summed E-state index contributed by atoms with van der Waals surface area (Å²) in [7, 11) is 0. The summed E-state index contributed by atoms with van der Waals surface area (Å²) in [5, 5.41) is 0. The van der Waals surface area contributed by atoms with E-state index in [0.29, 0.717) is 5.91 Å². The molecule has 0 atom stereocenters. The smallest absolute Gasteiger partial charge is 0.233 e. The van der Waals surface area contributed by atoms with Crippen LogP contribution >= 0.6 is 0 Å². The fourth-order valence-electron chi connectivity index (χ4n) is 3.85. The first-order valence-corrected chi connectivity index (χ1v) is 9.57. The maximum atomic E-state index is 13.1. The maximum Gasteiger partial charge on any atom is 0.233 e. The van der Waals surface area contributed by atoms with Crippen molar-refractivity contribution in [3.8, 4) is 0 Å². The number of nitrogens with zero attached hydrogens (tertiary/aromatic N) is 2. The van der Waals surface area contributed by atoms with Gasteiger partial charge in [-0.25, -0.2) is 0 Å². The van der Waals surface area contributed by atoms with E-state index in [9.17, 15) is 4.79 Å². The van der Waals surface area contributed by atoms with Crippen molar-refractivity contribution in [1.82, 2.24) is 9.80 Å². The Balaban J connectivity index is 1.30. The Morgan fingerprint density at radius 1 is 0.885 bits per heavy atom. The van der Waals surface area contributed by atoms with E-state index >= 15 is 0 Å². The van der Waals surface area contributed by atoms with Gasteiger partial charge in [0.05, 0.1) is 5.41 Å². The Labute approximate surface area is 155 Å². The largest absolute Gasteiger partial charge is 0.339 e. The number of carbonyl (C=O) groups is 1. The summed E-state index contributed by atoms with van der Waals surface area (Å²) in [5.41, 5.74) is 2.20. The summed E-state index contributed by atoms with van der Waals surface area (Å²) in [6.07, 6.45) is 6.39. The van der Waals surface area contributed by atoms with Gasteiger partial charge in [-0.3, -0.25) is 9.69 Å². The molecular weight excluding hydrogens is 320 g/mol. The molecule has 1 aliphatic carbocycles. The van der Waals surface area contributed by atoms with Crippen molar-refractivity contribution in [3.05, 3.63) is 77.9 Å². The van der Waals surface area contributed by atoms with Crippen LogP contribution in [0.15, 0.2) is 66.7 Å². The first-order valence-electron chi connectivity index (χ1n) is 9.57. The second-order valence-electron chi connectivity index (χ2n) is 7.35. The summed E-state index contributed by atoms with van der Waals surface area (Å²) in [5.74, 6) is 0.336. The lowest BCUT2D eigenvalue weighted by atomic mass is 9.94. The molecule has 0 spiro atoms. The van der Waals surface area contributed by atoms with Crippen LogP contribution in [0.2, 0.25) is 0 Å². The molecular formula is C23H26N2O. The Bertz CT molecular complexity index is 757. The summed E-state index contributed by atoms with van der Waals surface area (Å²) in [6, 6.07) is 20.7. The zero-order chi connectivity index (χ0) is 17.8. The van der Waals surface area contributed by atoms with Gasteiger partial charge in [-0.1, -0.05) is 72.8 Å². The molecule has 2 aromatic rings. The third-order valence-corrected chi connectivity index (χ3v) is 5.62. The molecule has 2 aliphatic rings. The molecule has 2 aromatic carbocycles. The zero-order valence-corrected chi connectivity index (χ0v) is 15.2. The molecule has 1 heterocycles. The van der Waals surface area contributed by atoms with Gasteiger partial charge in [0.1, 0.15) is 0 Å². The van der Waals surface area contributed by atoms with E-state index in [-0.39, 0.29) is 5.41 Å². The van der Waals surface area contributed by atoms with Gasteiger partial charge in [-0.2, -0.15) is 0 Å². The molecule has 0 bridgehead atoms. The van der Waals surface area contributed by atoms with E-state index in [1.807, 2.05) is 24.3 Å². The molecule has 134 valence electrons. The zero-order valence-electron chi connectivity index (χ0n) is 15.2. The highest BCUT2D eigenvalue weighted by Gasteiger charge is 2.53. The summed E-state index contributed by atoms with van der Waals surface area (Å²) in [6.45, 7) is 4.53. The van der Waals surface area contributed by atoms with Gasteiger partial charge in [0.15, 0.2) is 0 Å². The van der Waals surface area contributed by atoms with Crippen molar-refractivity contribution >= 4 is 12.0 Å². The minimum Gasteiger partial charge on any atom is -0.339 e. The number of rotatable bonds is 5. The average molecular weight is 346 g/mol. The fourth-order valence-corrected chi connectivity index (χ4v) is 3.85. The van der Waals surface area contributed by atoms with Crippen molar-refractivity contribution < 1.29 is 4.79 Å². The highest BCUT2D eigenvalue weighted by atomic mass is 16.2.